The van der Waals surface area contributed by atoms with E-state index in [0.29, 0.717) is 23.4 Å². The number of aromatic nitrogens is 3. The predicted molar refractivity (Wildman–Crippen MR) is 124 cm³/mol. The second-order valence-corrected chi connectivity index (χ2v) is 8.32. The molecule has 0 bridgehead atoms. The molecule has 0 atom stereocenters. The summed E-state index contributed by atoms with van der Waals surface area (Å²) >= 11 is 0. The molecule has 0 N–H and O–H groups in total. The van der Waals surface area contributed by atoms with Gasteiger partial charge in [-0.3, -0.25) is 9.59 Å². The van der Waals surface area contributed by atoms with Gasteiger partial charge in [0.1, 0.15) is 11.3 Å². The first-order valence-corrected chi connectivity index (χ1v) is 11.5. The number of piperidine rings is 1. The summed E-state index contributed by atoms with van der Waals surface area (Å²) in [4.78, 5) is 27.1. The van der Waals surface area contributed by atoms with Crippen LogP contribution in [-0.4, -0.2) is 45.5 Å². The summed E-state index contributed by atoms with van der Waals surface area (Å²) in [7, 11) is 0. The number of benzene rings is 2. The molecule has 1 fully saturated rings. The summed E-state index contributed by atoms with van der Waals surface area (Å²) in [6.45, 7) is 4.49. The Kier molecular flexibility index (Phi) is 7.14. The minimum absolute atomic E-state index is 0.0804. The van der Waals surface area contributed by atoms with Crippen molar-refractivity contribution in [1.29, 1.82) is 0 Å². The number of hydrogen-bond acceptors (Lipinski definition) is 5. The van der Waals surface area contributed by atoms with Crippen LogP contribution in [0.1, 0.15) is 38.2 Å². The Morgan fingerprint density at radius 1 is 1.09 bits per heavy atom. The van der Waals surface area contributed by atoms with Crippen LogP contribution in [0.15, 0.2) is 53.3 Å². The highest BCUT2D eigenvalue weighted by molar-refractivity contribution is 5.77. The van der Waals surface area contributed by atoms with Gasteiger partial charge in [0.05, 0.1) is 18.5 Å². The van der Waals surface area contributed by atoms with E-state index in [4.69, 9.17) is 4.74 Å². The zero-order valence-corrected chi connectivity index (χ0v) is 18.6. The first kappa shape index (κ1) is 22.0. The van der Waals surface area contributed by atoms with Crippen molar-refractivity contribution in [3.05, 3.63) is 64.4 Å². The SMILES string of the molecule is CCOc1ccc(CCC2CCN(C(=O)CCn3nnc4ccccc4c3=O)CC2)cc1. The molecule has 7 heteroatoms. The molecule has 2 aromatic carbocycles. The second-order valence-electron chi connectivity index (χ2n) is 8.32. The van der Waals surface area contributed by atoms with E-state index in [2.05, 4.69) is 22.4 Å². The van der Waals surface area contributed by atoms with Crippen molar-refractivity contribution in [2.45, 2.75) is 45.6 Å². The fourth-order valence-corrected chi connectivity index (χ4v) is 4.29. The van der Waals surface area contributed by atoms with Crippen molar-refractivity contribution in [2.24, 2.45) is 5.92 Å². The number of nitrogens with zero attached hydrogens (tertiary/aromatic N) is 4. The number of amides is 1. The Hall–Kier alpha value is -3.22. The number of aryl methyl sites for hydroxylation is 2. The van der Waals surface area contributed by atoms with Crippen molar-refractivity contribution in [3.63, 3.8) is 0 Å². The minimum Gasteiger partial charge on any atom is -0.494 e. The Morgan fingerprint density at radius 2 is 1.84 bits per heavy atom. The van der Waals surface area contributed by atoms with Gasteiger partial charge in [0, 0.05) is 19.5 Å². The lowest BCUT2D eigenvalue weighted by atomic mass is 9.90. The first-order chi connectivity index (χ1) is 15.6. The van der Waals surface area contributed by atoms with E-state index in [9.17, 15) is 9.59 Å². The molecule has 2 heterocycles. The second kappa shape index (κ2) is 10.4. The van der Waals surface area contributed by atoms with Crippen LogP contribution in [0, 0.1) is 5.92 Å². The average molecular weight is 435 g/mol. The molecular weight excluding hydrogens is 404 g/mol. The van der Waals surface area contributed by atoms with Gasteiger partial charge in [0.25, 0.3) is 5.56 Å². The van der Waals surface area contributed by atoms with E-state index in [1.54, 1.807) is 18.2 Å². The summed E-state index contributed by atoms with van der Waals surface area (Å²) in [5, 5.41) is 8.59. The Bertz CT molecular complexity index is 1100. The number of ether oxygens (including phenoxy) is 1. The van der Waals surface area contributed by atoms with Gasteiger partial charge in [-0.2, -0.15) is 0 Å². The monoisotopic (exact) mass is 434 g/mol. The van der Waals surface area contributed by atoms with Crippen LogP contribution in [-0.2, 0) is 17.8 Å². The van der Waals surface area contributed by atoms with Gasteiger partial charge in [-0.15, -0.1) is 5.10 Å². The maximum Gasteiger partial charge on any atom is 0.277 e. The molecule has 7 nitrogen and oxygen atoms in total. The lowest BCUT2D eigenvalue weighted by Crippen LogP contribution is -2.39. The summed E-state index contributed by atoms with van der Waals surface area (Å²) in [6.07, 6.45) is 4.51. The van der Waals surface area contributed by atoms with Gasteiger partial charge in [-0.05, 0) is 68.4 Å². The van der Waals surface area contributed by atoms with E-state index in [1.165, 1.54) is 10.2 Å². The van der Waals surface area contributed by atoms with Gasteiger partial charge in [-0.1, -0.05) is 29.5 Å². The van der Waals surface area contributed by atoms with Gasteiger partial charge in [-0.25, -0.2) is 4.68 Å². The van der Waals surface area contributed by atoms with E-state index in [-0.39, 0.29) is 24.4 Å². The van der Waals surface area contributed by atoms with Crippen LogP contribution in [0.2, 0.25) is 0 Å². The number of hydrogen-bond donors (Lipinski definition) is 0. The standard InChI is InChI=1S/C25H30N4O3/c1-2-32-21-11-9-19(10-12-21)7-8-20-13-16-28(17-14-20)24(30)15-18-29-25(31)22-5-3-4-6-23(22)26-27-29/h3-6,9-12,20H,2,7-8,13-18H2,1H3. The molecule has 1 amide bonds. The number of fused-ring (bicyclic) bond motifs is 1. The predicted octanol–water partition coefficient (Wildman–Crippen LogP) is 3.45. The summed E-state index contributed by atoms with van der Waals surface area (Å²) in [6, 6.07) is 15.5. The highest BCUT2D eigenvalue weighted by Gasteiger charge is 2.22. The van der Waals surface area contributed by atoms with Gasteiger partial charge < -0.3 is 9.64 Å². The maximum absolute atomic E-state index is 12.7. The highest BCUT2D eigenvalue weighted by Crippen LogP contribution is 2.23. The quantitative estimate of drug-likeness (QED) is 0.543. The lowest BCUT2D eigenvalue weighted by Gasteiger charge is -2.32. The normalized spacial score (nSPS) is 14.6. The molecule has 1 aromatic heterocycles. The van der Waals surface area contributed by atoms with E-state index in [1.807, 2.05) is 30.0 Å². The van der Waals surface area contributed by atoms with E-state index in [0.717, 1.165) is 44.5 Å². The molecule has 4 rings (SSSR count). The zero-order valence-electron chi connectivity index (χ0n) is 18.6. The zero-order chi connectivity index (χ0) is 22.3. The van der Waals surface area contributed by atoms with Crippen LogP contribution in [0.4, 0.5) is 0 Å². The molecule has 0 radical (unpaired) electrons. The van der Waals surface area contributed by atoms with E-state index >= 15 is 0 Å². The molecule has 3 aromatic rings. The molecule has 1 aliphatic heterocycles. The third kappa shape index (κ3) is 5.33. The highest BCUT2D eigenvalue weighted by atomic mass is 16.5. The third-order valence-electron chi connectivity index (χ3n) is 6.21. The molecular formula is C25H30N4O3. The lowest BCUT2D eigenvalue weighted by molar-refractivity contribution is -0.132. The molecule has 0 aliphatic carbocycles. The van der Waals surface area contributed by atoms with Gasteiger partial charge >= 0.3 is 0 Å². The summed E-state index contributed by atoms with van der Waals surface area (Å²) in [5.41, 5.74) is 1.71. The first-order valence-electron chi connectivity index (χ1n) is 11.5. The smallest absolute Gasteiger partial charge is 0.277 e. The molecule has 0 saturated carbocycles. The van der Waals surface area contributed by atoms with Crippen LogP contribution in [0.5, 0.6) is 5.75 Å². The molecule has 0 spiro atoms. The molecule has 1 aliphatic rings. The summed E-state index contributed by atoms with van der Waals surface area (Å²) < 4.78 is 6.79. The average Bonchev–Trinajstić information content (AvgIpc) is 2.84. The molecule has 168 valence electrons. The van der Waals surface area contributed by atoms with Crippen molar-refractivity contribution < 1.29 is 9.53 Å². The topological polar surface area (TPSA) is 77.3 Å². The molecule has 1 saturated heterocycles. The van der Waals surface area contributed by atoms with Crippen LogP contribution >= 0.6 is 0 Å². The molecule has 0 unspecified atom stereocenters. The third-order valence-corrected chi connectivity index (χ3v) is 6.21. The molecule has 32 heavy (non-hydrogen) atoms. The van der Waals surface area contributed by atoms with Crippen molar-refractivity contribution in [3.8, 4) is 5.75 Å². The van der Waals surface area contributed by atoms with Crippen LogP contribution < -0.4 is 10.3 Å². The number of likely N-dealkylation sites (tertiary alicyclic amines) is 1. The Morgan fingerprint density at radius 3 is 2.59 bits per heavy atom. The van der Waals surface area contributed by atoms with Gasteiger partial charge in [0.2, 0.25) is 5.91 Å². The Balaban J connectivity index is 1.22. The largest absolute Gasteiger partial charge is 0.494 e. The van der Waals surface area contributed by atoms with Crippen molar-refractivity contribution >= 4 is 16.8 Å². The van der Waals surface area contributed by atoms with Gasteiger partial charge in [0.15, 0.2) is 0 Å². The number of carbonyl (C=O) groups excluding carboxylic acids is 1. The fraction of sp³-hybridized carbons (Fsp3) is 0.440. The van der Waals surface area contributed by atoms with E-state index < -0.39 is 0 Å². The Labute approximate surface area is 188 Å². The summed E-state index contributed by atoms with van der Waals surface area (Å²) in [5.74, 6) is 1.64. The minimum atomic E-state index is -0.198. The van der Waals surface area contributed by atoms with Crippen LogP contribution in [0.25, 0.3) is 10.9 Å². The van der Waals surface area contributed by atoms with Crippen molar-refractivity contribution in [2.75, 3.05) is 19.7 Å². The maximum atomic E-state index is 12.7. The number of carbonyl (C=O) groups is 1. The van der Waals surface area contributed by atoms with Crippen LogP contribution in [0.3, 0.4) is 0 Å². The van der Waals surface area contributed by atoms with Crippen molar-refractivity contribution in [1.82, 2.24) is 19.9 Å². The number of rotatable bonds is 8. The fourth-order valence-electron chi connectivity index (χ4n) is 4.29.